The number of benzene rings is 1. The van der Waals surface area contributed by atoms with Crippen LogP contribution in [0.15, 0.2) is 23.1 Å². The van der Waals surface area contributed by atoms with Crippen LogP contribution in [0.5, 0.6) is 0 Å². The molecule has 0 radical (unpaired) electrons. The molecule has 1 amide bonds. The van der Waals surface area contributed by atoms with Crippen LogP contribution in [0.2, 0.25) is 0 Å². The van der Waals surface area contributed by atoms with Crippen molar-refractivity contribution >= 4 is 42.4 Å². The molecule has 1 aliphatic carbocycles. The number of fused-ring (bicyclic) bond motifs is 1. The minimum Gasteiger partial charge on any atom is -0.345 e. The second-order valence-corrected chi connectivity index (χ2v) is 10.2. The minimum absolute atomic E-state index is 0.235. The summed E-state index contributed by atoms with van der Waals surface area (Å²) in [5, 5.41) is 0.901. The summed E-state index contributed by atoms with van der Waals surface area (Å²) in [5.74, 6) is 0.558. The molecule has 0 atom stereocenters. The van der Waals surface area contributed by atoms with E-state index in [0.717, 1.165) is 54.4 Å². The van der Waals surface area contributed by atoms with E-state index in [0.29, 0.717) is 10.8 Å². The molecule has 6 nitrogen and oxygen atoms in total. The van der Waals surface area contributed by atoms with Crippen LogP contribution < -0.4 is 4.90 Å². The molecule has 4 rings (SSSR count). The number of rotatable bonds is 3. The molecule has 1 aliphatic heterocycles. The molecule has 2 fully saturated rings. The number of anilines is 1. The molecule has 2 heterocycles. The van der Waals surface area contributed by atoms with E-state index < -0.39 is 9.84 Å². The van der Waals surface area contributed by atoms with Crippen LogP contribution in [-0.2, 0) is 14.6 Å². The van der Waals surface area contributed by atoms with Crippen LogP contribution in [-0.4, -0.2) is 56.6 Å². The Morgan fingerprint density at radius 2 is 1.85 bits per heavy atom. The zero-order chi connectivity index (χ0) is 18.3. The second kappa shape index (κ2) is 6.81. The van der Waals surface area contributed by atoms with Gasteiger partial charge in [0.2, 0.25) is 5.91 Å². The van der Waals surface area contributed by atoms with Gasteiger partial charge in [-0.05, 0) is 31.0 Å². The maximum atomic E-state index is 12.6. The zero-order valence-electron chi connectivity index (χ0n) is 14.8. The van der Waals surface area contributed by atoms with Crippen molar-refractivity contribution in [1.29, 1.82) is 0 Å². The number of carbonyl (C=O) groups excluding carboxylic acids is 1. The van der Waals surface area contributed by atoms with Crippen molar-refractivity contribution in [3.8, 4) is 0 Å². The molecule has 0 spiro atoms. The number of hydrogen-bond donors (Lipinski definition) is 0. The lowest BCUT2D eigenvalue weighted by atomic mass is 10.1. The summed E-state index contributed by atoms with van der Waals surface area (Å²) in [6, 6.07) is 5.08. The number of piperazine rings is 1. The van der Waals surface area contributed by atoms with Crippen LogP contribution in [0.3, 0.4) is 0 Å². The van der Waals surface area contributed by atoms with Gasteiger partial charge in [0.1, 0.15) is 0 Å². The van der Waals surface area contributed by atoms with Crippen LogP contribution in [0.25, 0.3) is 10.2 Å². The lowest BCUT2D eigenvalue weighted by Gasteiger charge is -2.35. The molecule has 26 heavy (non-hydrogen) atoms. The molecule has 2 aliphatic rings. The Morgan fingerprint density at radius 1 is 1.15 bits per heavy atom. The van der Waals surface area contributed by atoms with E-state index in [1.807, 2.05) is 4.90 Å². The van der Waals surface area contributed by atoms with Crippen LogP contribution in [0, 0.1) is 5.92 Å². The second-order valence-electron chi connectivity index (χ2n) is 7.19. The van der Waals surface area contributed by atoms with Gasteiger partial charge in [-0.3, -0.25) is 4.79 Å². The van der Waals surface area contributed by atoms with Crippen molar-refractivity contribution in [2.75, 3.05) is 37.3 Å². The van der Waals surface area contributed by atoms with Gasteiger partial charge in [-0.15, -0.1) is 0 Å². The average molecular weight is 394 g/mol. The van der Waals surface area contributed by atoms with Gasteiger partial charge in [0.15, 0.2) is 15.0 Å². The van der Waals surface area contributed by atoms with E-state index in [4.69, 9.17) is 0 Å². The lowest BCUT2D eigenvalue weighted by Crippen LogP contribution is -2.50. The first-order valence-electron chi connectivity index (χ1n) is 9.06. The van der Waals surface area contributed by atoms with Crippen LogP contribution >= 0.6 is 11.3 Å². The molecule has 140 valence electrons. The average Bonchev–Trinajstić information content (AvgIpc) is 3.29. The summed E-state index contributed by atoms with van der Waals surface area (Å²) in [4.78, 5) is 21.7. The SMILES string of the molecule is CS(=O)(=O)c1ccc2nc(N3CCN(C(=O)C4CCCC4)CC3)sc2c1. The van der Waals surface area contributed by atoms with Gasteiger partial charge < -0.3 is 9.80 Å². The highest BCUT2D eigenvalue weighted by molar-refractivity contribution is 7.90. The summed E-state index contributed by atoms with van der Waals surface area (Å²) in [6.45, 7) is 3.02. The van der Waals surface area contributed by atoms with E-state index in [1.54, 1.807) is 18.2 Å². The molecule has 0 unspecified atom stereocenters. The molecule has 0 bridgehead atoms. The summed E-state index contributed by atoms with van der Waals surface area (Å²) in [5.41, 5.74) is 0.821. The largest absolute Gasteiger partial charge is 0.345 e. The number of thiazole rings is 1. The highest BCUT2D eigenvalue weighted by atomic mass is 32.2. The number of amides is 1. The fraction of sp³-hybridized carbons (Fsp3) is 0.556. The van der Waals surface area contributed by atoms with Crippen molar-refractivity contribution in [2.24, 2.45) is 5.92 Å². The predicted molar refractivity (Wildman–Crippen MR) is 103 cm³/mol. The van der Waals surface area contributed by atoms with Gasteiger partial charge >= 0.3 is 0 Å². The van der Waals surface area contributed by atoms with Gasteiger partial charge in [0, 0.05) is 38.4 Å². The Bertz CT molecular complexity index is 924. The van der Waals surface area contributed by atoms with E-state index in [1.165, 1.54) is 30.4 Å². The maximum Gasteiger partial charge on any atom is 0.225 e. The van der Waals surface area contributed by atoms with Gasteiger partial charge in [-0.25, -0.2) is 13.4 Å². The molecule has 2 aromatic rings. The lowest BCUT2D eigenvalue weighted by molar-refractivity contribution is -0.135. The summed E-state index contributed by atoms with van der Waals surface area (Å²) < 4.78 is 24.3. The third-order valence-corrected chi connectivity index (χ3v) is 7.53. The monoisotopic (exact) mass is 393 g/mol. The third-order valence-electron chi connectivity index (χ3n) is 5.34. The topological polar surface area (TPSA) is 70.6 Å². The predicted octanol–water partition coefficient (Wildman–Crippen LogP) is 2.54. The molecule has 1 saturated carbocycles. The first-order valence-corrected chi connectivity index (χ1v) is 11.8. The van der Waals surface area contributed by atoms with Gasteiger partial charge in [-0.1, -0.05) is 24.2 Å². The van der Waals surface area contributed by atoms with Crippen molar-refractivity contribution in [2.45, 2.75) is 30.6 Å². The highest BCUT2D eigenvalue weighted by Gasteiger charge is 2.30. The normalized spacial score (nSPS) is 19.4. The number of hydrogen-bond acceptors (Lipinski definition) is 6. The molecule has 0 N–H and O–H groups in total. The van der Waals surface area contributed by atoms with E-state index in [9.17, 15) is 13.2 Å². The highest BCUT2D eigenvalue weighted by Crippen LogP contribution is 2.32. The number of carbonyl (C=O) groups is 1. The smallest absolute Gasteiger partial charge is 0.225 e. The van der Waals surface area contributed by atoms with E-state index in [-0.39, 0.29) is 5.92 Å². The fourth-order valence-corrected chi connectivity index (χ4v) is 5.59. The molecule has 1 aromatic carbocycles. The minimum atomic E-state index is -3.21. The summed E-state index contributed by atoms with van der Waals surface area (Å²) >= 11 is 1.52. The van der Waals surface area contributed by atoms with Crippen LogP contribution in [0.4, 0.5) is 5.13 Å². The van der Waals surface area contributed by atoms with Gasteiger partial charge in [0.05, 0.1) is 15.1 Å². The molecule has 1 saturated heterocycles. The van der Waals surface area contributed by atoms with Crippen molar-refractivity contribution in [1.82, 2.24) is 9.88 Å². The zero-order valence-corrected chi connectivity index (χ0v) is 16.5. The quantitative estimate of drug-likeness (QED) is 0.801. The van der Waals surface area contributed by atoms with Gasteiger partial charge in [-0.2, -0.15) is 0 Å². The fourth-order valence-electron chi connectivity index (χ4n) is 3.81. The first-order chi connectivity index (χ1) is 12.4. The van der Waals surface area contributed by atoms with E-state index in [2.05, 4.69) is 9.88 Å². The van der Waals surface area contributed by atoms with E-state index >= 15 is 0 Å². The molecule has 1 aromatic heterocycles. The first kappa shape index (κ1) is 17.7. The Kier molecular flexibility index (Phi) is 4.64. The third kappa shape index (κ3) is 3.44. The Labute approximate surface area is 157 Å². The van der Waals surface area contributed by atoms with Crippen molar-refractivity contribution < 1.29 is 13.2 Å². The Hall–Kier alpha value is -1.67. The number of nitrogens with zero attached hydrogens (tertiary/aromatic N) is 3. The number of sulfone groups is 1. The Morgan fingerprint density at radius 3 is 2.50 bits per heavy atom. The van der Waals surface area contributed by atoms with Crippen molar-refractivity contribution in [3.63, 3.8) is 0 Å². The summed E-state index contributed by atoms with van der Waals surface area (Å²) in [6.07, 6.45) is 5.66. The molecular weight excluding hydrogens is 370 g/mol. The van der Waals surface area contributed by atoms with Crippen molar-refractivity contribution in [3.05, 3.63) is 18.2 Å². The standard InChI is InChI=1S/C18H23N3O3S2/c1-26(23,24)14-6-7-15-16(12-14)25-18(19-15)21-10-8-20(9-11-21)17(22)13-4-2-3-5-13/h6-7,12-13H,2-5,8-11H2,1H3. The molecule has 8 heteroatoms. The molecular formula is C18H23N3O3S2. The number of aromatic nitrogens is 1. The maximum absolute atomic E-state index is 12.6. The Balaban J connectivity index is 1.46. The summed E-state index contributed by atoms with van der Waals surface area (Å²) in [7, 11) is -3.21. The van der Waals surface area contributed by atoms with Gasteiger partial charge in [0.25, 0.3) is 0 Å². The van der Waals surface area contributed by atoms with Crippen LogP contribution in [0.1, 0.15) is 25.7 Å².